The van der Waals surface area contributed by atoms with Crippen molar-refractivity contribution in [2.24, 2.45) is 0 Å². The molecule has 0 aliphatic rings. The number of nitrogens with one attached hydrogen (secondary N) is 1. The van der Waals surface area contributed by atoms with Crippen molar-refractivity contribution in [3.8, 4) is 22.8 Å². The van der Waals surface area contributed by atoms with E-state index in [0.29, 0.717) is 39.3 Å². The van der Waals surface area contributed by atoms with Crippen LogP contribution in [0, 0.1) is 5.82 Å². The molecule has 0 fully saturated rings. The molecule has 192 valence electrons. The Morgan fingerprint density at radius 3 is 2.68 bits per heavy atom. The predicted octanol–water partition coefficient (Wildman–Crippen LogP) is 5.26. The van der Waals surface area contributed by atoms with Crippen molar-refractivity contribution in [1.82, 2.24) is 20.1 Å². The summed E-state index contributed by atoms with van der Waals surface area (Å²) in [5.74, 6) is -0.161. The van der Waals surface area contributed by atoms with Crippen LogP contribution in [0.4, 0.5) is 4.39 Å². The van der Waals surface area contributed by atoms with Gasteiger partial charge in [0.2, 0.25) is 11.8 Å². The molecule has 0 spiro atoms. The van der Waals surface area contributed by atoms with E-state index in [1.54, 1.807) is 59.5 Å². The molecule has 0 unspecified atom stereocenters. The largest absolute Gasteiger partial charge is 0.478 e. The number of ether oxygens (including phenoxy) is 1. The summed E-state index contributed by atoms with van der Waals surface area (Å²) in [6.07, 6.45) is 4.17. The maximum absolute atomic E-state index is 13.9. The third-order valence-electron chi connectivity index (χ3n) is 5.59. The molecule has 0 bridgehead atoms. The number of nitrogens with zero attached hydrogens (tertiary/aromatic N) is 3. The molecule has 0 saturated heterocycles. The lowest BCUT2D eigenvalue weighted by atomic mass is 10.1. The number of rotatable bonds is 11. The second kappa shape index (κ2) is 12.7. The van der Waals surface area contributed by atoms with Gasteiger partial charge in [0.25, 0.3) is 0 Å². The minimum atomic E-state index is -0.580. The fourth-order valence-electron chi connectivity index (χ4n) is 3.72. The van der Waals surface area contributed by atoms with Gasteiger partial charge in [-0.25, -0.2) is 9.07 Å². The van der Waals surface area contributed by atoms with Gasteiger partial charge in [0.15, 0.2) is 0 Å². The van der Waals surface area contributed by atoms with Crippen LogP contribution in [-0.4, -0.2) is 45.0 Å². The lowest BCUT2D eigenvalue weighted by Crippen LogP contribution is -2.39. The van der Waals surface area contributed by atoms with Crippen molar-refractivity contribution in [3.05, 3.63) is 94.5 Å². The second-order valence-electron chi connectivity index (χ2n) is 8.31. The number of carbonyl (C=O) groups is 1. The summed E-state index contributed by atoms with van der Waals surface area (Å²) in [5, 5.41) is 17.8. The Morgan fingerprint density at radius 2 is 1.95 bits per heavy atom. The van der Waals surface area contributed by atoms with Crippen LogP contribution in [-0.2, 0) is 11.2 Å². The number of aliphatic hydroxyl groups excluding tert-OH is 1. The van der Waals surface area contributed by atoms with Crippen LogP contribution in [0.5, 0.6) is 5.88 Å². The van der Waals surface area contributed by atoms with Gasteiger partial charge in [-0.05, 0) is 54.8 Å². The lowest BCUT2D eigenvalue weighted by Gasteiger charge is -2.17. The average Bonchev–Trinajstić information content (AvgIpc) is 3.34. The van der Waals surface area contributed by atoms with Gasteiger partial charge in [-0.3, -0.25) is 9.78 Å². The van der Waals surface area contributed by atoms with Crippen LogP contribution in [0.3, 0.4) is 0 Å². The van der Waals surface area contributed by atoms with Gasteiger partial charge in [-0.1, -0.05) is 41.4 Å². The molecule has 2 aromatic carbocycles. The number of pyridine rings is 1. The summed E-state index contributed by atoms with van der Waals surface area (Å²) >= 11 is 12.3. The molecule has 4 aromatic rings. The van der Waals surface area contributed by atoms with Gasteiger partial charge >= 0.3 is 0 Å². The van der Waals surface area contributed by atoms with Crippen molar-refractivity contribution in [3.63, 3.8) is 0 Å². The number of carbonyl (C=O) groups excluding carboxylic acids is 1. The number of hydrogen-bond donors (Lipinski definition) is 2. The molecule has 0 aliphatic heterocycles. The summed E-state index contributed by atoms with van der Waals surface area (Å²) in [6.45, 7) is -0.0550. The first kappa shape index (κ1) is 26.6. The molecule has 0 aliphatic carbocycles. The molecule has 10 heteroatoms. The number of amides is 1. The molecule has 2 heterocycles. The van der Waals surface area contributed by atoms with Crippen molar-refractivity contribution in [2.45, 2.75) is 25.3 Å². The zero-order valence-electron chi connectivity index (χ0n) is 19.8. The van der Waals surface area contributed by atoms with E-state index < -0.39 is 6.04 Å². The number of hydrogen-bond acceptors (Lipinski definition) is 5. The molecule has 2 N–H and O–H groups in total. The van der Waals surface area contributed by atoms with Crippen LogP contribution >= 0.6 is 23.2 Å². The first-order valence-corrected chi connectivity index (χ1v) is 12.4. The summed E-state index contributed by atoms with van der Waals surface area (Å²) in [7, 11) is 0. The highest BCUT2D eigenvalue weighted by Crippen LogP contribution is 2.29. The van der Waals surface area contributed by atoms with Gasteiger partial charge in [0, 0.05) is 30.4 Å². The molecule has 0 saturated carbocycles. The van der Waals surface area contributed by atoms with E-state index >= 15 is 0 Å². The van der Waals surface area contributed by atoms with Crippen LogP contribution < -0.4 is 10.1 Å². The fraction of sp³-hybridized carbons (Fsp3) is 0.222. The average molecular weight is 543 g/mol. The summed E-state index contributed by atoms with van der Waals surface area (Å²) < 4.78 is 21.5. The van der Waals surface area contributed by atoms with E-state index in [4.69, 9.17) is 27.9 Å². The fourth-order valence-corrected chi connectivity index (χ4v) is 4.02. The third-order valence-corrected chi connectivity index (χ3v) is 6.33. The predicted molar refractivity (Wildman–Crippen MR) is 141 cm³/mol. The Hall–Kier alpha value is -3.46. The van der Waals surface area contributed by atoms with Gasteiger partial charge in [0.05, 0.1) is 40.7 Å². The van der Waals surface area contributed by atoms with Crippen LogP contribution in [0.2, 0.25) is 10.0 Å². The monoisotopic (exact) mass is 542 g/mol. The van der Waals surface area contributed by atoms with Crippen LogP contribution in [0.1, 0.15) is 18.4 Å². The standard InChI is InChI=1S/C27H25Cl2FN4O3/c28-22-10-9-21(14-23(22)29)34-27(15-25(33-34)19-6-3-11-31-16-19)37-12-4-8-26(36)32-20(17-35)13-18-5-1-2-7-24(18)30/h1-3,5-7,9-11,14-16,20,35H,4,8,12-13,17H2,(H,32,36)/t20-/m0/s1. The van der Waals surface area contributed by atoms with Gasteiger partial charge in [-0.2, -0.15) is 5.10 Å². The highest BCUT2D eigenvalue weighted by Gasteiger charge is 2.16. The Kier molecular flexibility index (Phi) is 9.11. The van der Waals surface area contributed by atoms with Crippen molar-refractivity contribution < 1.29 is 19.0 Å². The maximum atomic E-state index is 13.9. The molecule has 1 amide bonds. The maximum Gasteiger partial charge on any atom is 0.220 e. The molecular weight excluding hydrogens is 518 g/mol. The lowest BCUT2D eigenvalue weighted by molar-refractivity contribution is -0.122. The molecule has 7 nitrogen and oxygen atoms in total. The van der Waals surface area contributed by atoms with E-state index in [-0.39, 0.29) is 37.8 Å². The van der Waals surface area contributed by atoms with Crippen LogP contribution in [0.15, 0.2) is 73.1 Å². The number of aliphatic hydroxyl groups is 1. The number of halogens is 3. The topological polar surface area (TPSA) is 89.3 Å². The first-order chi connectivity index (χ1) is 17.9. The Labute approximate surface area is 223 Å². The van der Waals surface area contributed by atoms with E-state index in [0.717, 1.165) is 5.56 Å². The molecule has 4 rings (SSSR count). The van der Waals surface area contributed by atoms with Crippen molar-refractivity contribution in [2.75, 3.05) is 13.2 Å². The zero-order chi connectivity index (χ0) is 26.2. The van der Waals surface area contributed by atoms with Gasteiger partial charge in [-0.15, -0.1) is 0 Å². The summed E-state index contributed by atoms with van der Waals surface area (Å²) in [6, 6.07) is 16.4. The highest BCUT2D eigenvalue weighted by molar-refractivity contribution is 6.42. The third kappa shape index (κ3) is 7.07. The molecule has 37 heavy (non-hydrogen) atoms. The molecule has 2 aromatic heterocycles. The van der Waals surface area contributed by atoms with E-state index in [2.05, 4.69) is 15.4 Å². The normalized spacial score (nSPS) is 11.8. The van der Waals surface area contributed by atoms with E-state index in [1.165, 1.54) is 6.07 Å². The highest BCUT2D eigenvalue weighted by atomic mass is 35.5. The Morgan fingerprint density at radius 1 is 1.11 bits per heavy atom. The SMILES string of the molecule is O=C(CCCOc1cc(-c2cccnc2)nn1-c1ccc(Cl)c(Cl)c1)N[C@H](CO)Cc1ccccc1F. The molecule has 0 radical (unpaired) electrons. The quantitative estimate of drug-likeness (QED) is 0.252. The van der Waals surface area contributed by atoms with Gasteiger partial charge in [0.1, 0.15) is 5.82 Å². The zero-order valence-corrected chi connectivity index (χ0v) is 21.3. The minimum absolute atomic E-state index is 0.171. The Balaban J connectivity index is 1.38. The van der Waals surface area contributed by atoms with Crippen LogP contribution in [0.25, 0.3) is 16.9 Å². The summed E-state index contributed by atoms with van der Waals surface area (Å²) in [4.78, 5) is 16.6. The van der Waals surface area contributed by atoms with E-state index in [1.807, 2.05) is 12.1 Å². The first-order valence-electron chi connectivity index (χ1n) is 11.7. The second-order valence-corrected chi connectivity index (χ2v) is 9.13. The number of benzene rings is 2. The molecular formula is C27H25Cl2FN4O3. The van der Waals surface area contributed by atoms with E-state index in [9.17, 15) is 14.3 Å². The number of aromatic nitrogens is 3. The van der Waals surface area contributed by atoms with Gasteiger partial charge < -0.3 is 15.2 Å². The van der Waals surface area contributed by atoms with Crippen molar-refractivity contribution >= 4 is 29.1 Å². The smallest absolute Gasteiger partial charge is 0.220 e. The summed E-state index contributed by atoms with van der Waals surface area (Å²) in [5.41, 5.74) is 2.57. The van der Waals surface area contributed by atoms with Crippen molar-refractivity contribution in [1.29, 1.82) is 0 Å². The minimum Gasteiger partial charge on any atom is -0.478 e. The molecule has 1 atom stereocenters. The Bertz CT molecular complexity index is 1350.